The topological polar surface area (TPSA) is 47.4 Å². The molecular formula is C28H23N3O2S2. The summed E-state index contributed by atoms with van der Waals surface area (Å²) < 4.78 is 7.80. The van der Waals surface area contributed by atoms with Gasteiger partial charge in [0.05, 0.1) is 23.7 Å². The lowest BCUT2D eigenvalue weighted by Gasteiger charge is -2.23. The smallest absolute Gasteiger partial charge is 0.266 e. The molecule has 1 saturated heterocycles. The van der Waals surface area contributed by atoms with Crippen LogP contribution in [0.1, 0.15) is 24.1 Å². The summed E-state index contributed by atoms with van der Waals surface area (Å²) in [6.45, 7) is 2.00. The highest BCUT2D eigenvalue weighted by molar-refractivity contribution is 8.26. The van der Waals surface area contributed by atoms with Gasteiger partial charge < -0.3 is 4.74 Å². The number of methoxy groups -OCH3 is 1. The first-order valence-electron chi connectivity index (χ1n) is 11.2. The summed E-state index contributed by atoms with van der Waals surface area (Å²) in [5.74, 6) is 0.645. The number of benzene rings is 3. The molecule has 35 heavy (non-hydrogen) atoms. The lowest BCUT2D eigenvalue weighted by Crippen LogP contribution is -2.30. The monoisotopic (exact) mass is 497 g/mol. The van der Waals surface area contributed by atoms with E-state index in [1.165, 1.54) is 11.8 Å². The second-order valence-corrected chi connectivity index (χ2v) is 9.76. The van der Waals surface area contributed by atoms with Crippen LogP contribution in [0.5, 0.6) is 5.75 Å². The number of thiocarbonyl (C=S) groups is 1. The normalized spacial score (nSPS) is 15.6. The Labute approximate surface area is 214 Å². The van der Waals surface area contributed by atoms with E-state index < -0.39 is 0 Å². The maximum Gasteiger partial charge on any atom is 0.266 e. The summed E-state index contributed by atoms with van der Waals surface area (Å²) >= 11 is 6.94. The molecule has 1 amide bonds. The molecule has 174 valence electrons. The highest BCUT2D eigenvalue weighted by atomic mass is 32.2. The fourth-order valence-corrected chi connectivity index (χ4v) is 5.45. The predicted molar refractivity (Wildman–Crippen MR) is 145 cm³/mol. The summed E-state index contributed by atoms with van der Waals surface area (Å²) in [5, 5.41) is 4.86. The number of carbonyl (C=O) groups excluding carboxylic acids is 1. The molecule has 1 atom stereocenters. The number of carbonyl (C=O) groups is 1. The molecule has 1 aromatic heterocycles. The van der Waals surface area contributed by atoms with Crippen molar-refractivity contribution in [3.05, 3.63) is 107 Å². The van der Waals surface area contributed by atoms with Gasteiger partial charge in [0, 0.05) is 17.3 Å². The van der Waals surface area contributed by atoms with Crippen molar-refractivity contribution in [1.82, 2.24) is 14.7 Å². The first-order valence-corrected chi connectivity index (χ1v) is 12.4. The Hall–Kier alpha value is -3.68. The van der Waals surface area contributed by atoms with Crippen LogP contribution in [-0.4, -0.2) is 32.0 Å². The van der Waals surface area contributed by atoms with Gasteiger partial charge in [-0.1, -0.05) is 84.6 Å². The summed E-state index contributed by atoms with van der Waals surface area (Å²) in [4.78, 5) is 15.7. The fraction of sp³-hybridized carbons (Fsp3) is 0.107. The van der Waals surface area contributed by atoms with E-state index in [0.29, 0.717) is 9.23 Å². The Morgan fingerprint density at radius 1 is 1.00 bits per heavy atom. The Morgan fingerprint density at radius 3 is 2.43 bits per heavy atom. The second-order valence-electron chi connectivity index (χ2n) is 8.08. The molecule has 0 saturated carbocycles. The molecule has 0 N–H and O–H groups in total. The first kappa shape index (κ1) is 23.1. The Morgan fingerprint density at radius 2 is 1.71 bits per heavy atom. The summed E-state index contributed by atoms with van der Waals surface area (Å²) in [5.41, 5.74) is 4.46. The maximum atomic E-state index is 13.5. The predicted octanol–water partition coefficient (Wildman–Crippen LogP) is 6.51. The molecule has 1 aliphatic heterocycles. The van der Waals surface area contributed by atoms with Gasteiger partial charge in [0.25, 0.3) is 5.91 Å². The van der Waals surface area contributed by atoms with Gasteiger partial charge in [0.15, 0.2) is 0 Å². The molecule has 7 heteroatoms. The van der Waals surface area contributed by atoms with Crippen molar-refractivity contribution in [1.29, 1.82) is 0 Å². The number of aromatic nitrogens is 2. The molecule has 0 bridgehead atoms. The van der Waals surface area contributed by atoms with E-state index in [4.69, 9.17) is 22.1 Å². The number of nitrogens with zero attached hydrogens (tertiary/aromatic N) is 3. The van der Waals surface area contributed by atoms with Crippen LogP contribution in [0.15, 0.2) is 96.0 Å². The van der Waals surface area contributed by atoms with Crippen LogP contribution in [0.25, 0.3) is 23.0 Å². The average Bonchev–Trinajstić information content (AvgIpc) is 3.45. The van der Waals surface area contributed by atoms with E-state index in [1.54, 1.807) is 12.0 Å². The molecule has 1 fully saturated rings. The third kappa shape index (κ3) is 4.65. The molecular weight excluding hydrogens is 474 g/mol. The summed E-state index contributed by atoms with van der Waals surface area (Å²) in [6, 6.07) is 27.4. The van der Waals surface area contributed by atoms with Crippen molar-refractivity contribution in [2.24, 2.45) is 0 Å². The molecule has 0 spiro atoms. The van der Waals surface area contributed by atoms with E-state index in [2.05, 4.69) is 0 Å². The largest absolute Gasteiger partial charge is 0.497 e. The lowest BCUT2D eigenvalue weighted by atomic mass is 10.1. The van der Waals surface area contributed by atoms with Gasteiger partial charge in [-0.15, -0.1) is 0 Å². The van der Waals surface area contributed by atoms with E-state index in [0.717, 1.165) is 33.8 Å². The zero-order chi connectivity index (χ0) is 24.4. The molecule has 3 aromatic carbocycles. The van der Waals surface area contributed by atoms with Gasteiger partial charge in [0.2, 0.25) is 0 Å². The zero-order valence-corrected chi connectivity index (χ0v) is 20.9. The minimum atomic E-state index is -0.153. The highest BCUT2D eigenvalue weighted by Gasteiger charge is 2.36. The summed E-state index contributed by atoms with van der Waals surface area (Å²) in [7, 11) is 1.64. The van der Waals surface area contributed by atoms with Crippen molar-refractivity contribution in [3.63, 3.8) is 0 Å². The molecule has 0 aliphatic carbocycles. The van der Waals surface area contributed by atoms with Crippen molar-refractivity contribution in [3.8, 4) is 22.7 Å². The minimum Gasteiger partial charge on any atom is -0.497 e. The van der Waals surface area contributed by atoms with E-state index >= 15 is 0 Å². The van der Waals surface area contributed by atoms with Gasteiger partial charge in [-0.2, -0.15) is 5.10 Å². The van der Waals surface area contributed by atoms with Gasteiger partial charge >= 0.3 is 0 Å². The number of thioether (sulfide) groups is 1. The van der Waals surface area contributed by atoms with Gasteiger partial charge in [0.1, 0.15) is 15.8 Å². The van der Waals surface area contributed by atoms with Gasteiger partial charge in [-0.05, 0) is 42.8 Å². The molecule has 0 radical (unpaired) electrons. The molecule has 4 aromatic rings. The maximum absolute atomic E-state index is 13.5. The van der Waals surface area contributed by atoms with E-state index in [9.17, 15) is 4.79 Å². The standard InChI is InChI=1S/C28H23N3O2S2/c1-19(20-10-5-3-6-11-20)31-27(32)25(35-28(31)34)17-22-18-30(23-13-7-4-8-14-23)29-26(22)21-12-9-15-24(16-21)33-2/h3-19H,1-2H3. The van der Waals surface area contributed by atoms with Crippen LogP contribution in [0, 0.1) is 0 Å². The van der Waals surface area contributed by atoms with Crippen LogP contribution >= 0.6 is 24.0 Å². The van der Waals surface area contributed by atoms with E-state index in [1.807, 2.05) is 109 Å². The molecule has 1 unspecified atom stereocenters. The Kier molecular flexibility index (Phi) is 6.53. The van der Waals surface area contributed by atoms with Crippen LogP contribution < -0.4 is 4.74 Å². The van der Waals surface area contributed by atoms with Crippen LogP contribution in [-0.2, 0) is 4.79 Å². The van der Waals surface area contributed by atoms with Crippen LogP contribution in [0.4, 0.5) is 0 Å². The SMILES string of the molecule is COc1cccc(-c2nn(-c3ccccc3)cc2C=C2SC(=S)N(C(C)c3ccccc3)C2=O)c1. The zero-order valence-electron chi connectivity index (χ0n) is 19.3. The van der Waals surface area contributed by atoms with Crippen LogP contribution in [0.3, 0.4) is 0 Å². The third-order valence-corrected chi connectivity index (χ3v) is 7.22. The average molecular weight is 498 g/mol. The van der Waals surface area contributed by atoms with Gasteiger partial charge in [-0.25, -0.2) is 4.68 Å². The number of para-hydroxylation sites is 1. The van der Waals surface area contributed by atoms with Crippen molar-refractivity contribution in [2.75, 3.05) is 7.11 Å². The Balaban J connectivity index is 1.56. The second kappa shape index (κ2) is 9.90. The lowest BCUT2D eigenvalue weighted by molar-refractivity contribution is -0.123. The summed E-state index contributed by atoms with van der Waals surface area (Å²) in [6.07, 6.45) is 3.83. The third-order valence-electron chi connectivity index (χ3n) is 5.89. The van der Waals surface area contributed by atoms with Crippen molar-refractivity contribution in [2.45, 2.75) is 13.0 Å². The molecule has 2 heterocycles. The van der Waals surface area contributed by atoms with Crippen LogP contribution in [0.2, 0.25) is 0 Å². The number of ether oxygens (including phenoxy) is 1. The van der Waals surface area contributed by atoms with Crippen molar-refractivity contribution < 1.29 is 9.53 Å². The minimum absolute atomic E-state index is 0.0968. The first-order chi connectivity index (χ1) is 17.0. The Bertz CT molecular complexity index is 1410. The highest BCUT2D eigenvalue weighted by Crippen LogP contribution is 2.39. The molecule has 1 aliphatic rings. The van der Waals surface area contributed by atoms with Crippen molar-refractivity contribution >= 4 is 40.3 Å². The molecule has 5 rings (SSSR count). The van der Waals surface area contributed by atoms with Gasteiger partial charge in [-0.3, -0.25) is 9.69 Å². The number of hydrogen-bond acceptors (Lipinski definition) is 5. The number of hydrogen-bond donors (Lipinski definition) is 0. The number of amides is 1. The fourth-order valence-electron chi connectivity index (χ4n) is 4.04. The quantitative estimate of drug-likeness (QED) is 0.224. The number of rotatable bonds is 6. The van der Waals surface area contributed by atoms with E-state index in [-0.39, 0.29) is 11.9 Å². The molecule has 5 nitrogen and oxygen atoms in total.